The first-order chi connectivity index (χ1) is 37.2. The Balaban J connectivity index is 0.956. The van der Waals surface area contributed by atoms with Crippen molar-refractivity contribution < 1.29 is 4.74 Å². The second-order valence-corrected chi connectivity index (χ2v) is 20.6. The summed E-state index contributed by atoms with van der Waals surface area (Å²) in [5.41, 5.74) is 13.1. The lowest BCUT2D eigenvalue weighted by Gasteiger charge is -2.52. The molecule has 8 heteroatoms. The molecule has 0 bridgehead atoms. The predicted octanol–water partition coefficient (Wildman–Crippen LogP) is 13.2. The number of nitrogens with zero attached hydrogens (tertiary/aromatic N) is 4. The Morgan fingerprint density at radius 2 is 1.31 bits per heavy atom. The van der Waals surface area contributed by atoms with E-state index in [4.69, 9.17) is 19.7 Å². The van der Waals surface area contributed by atoms with E-state index in [2.05, 4.69) is 257 Å². The van der Waals surface area contributed by atoms with E-state index in [-0.39, 0.29) is 36.2 Å². The maximum absolute atomic E-state index is 7.64. The van der Waals surface area contributed by atoms with Crippen LogP contribution >= 0.6 is 0 Å². The third-order valence-corrected chi connectivity index (χ3v) is 16.5. The van der Waals surface area contributed by atoms with Crippen LogP contribution in [0.25, 0.3) is 27.5 Å². The number of nitrogens with one attached hydrogen (secondary N) is 3. The third kappa shape index (κ3) is 7.04. The van der Waals surface area contributed by atoms with Gasteiger partial charge in [0.1, 0.15) is 42.0 Å². The Labute approximate surface area is 436 Å². The van der Waals surface area contributed by atoms with Crippen LogP contribution in [-0.4, -0.2) is 34.3 Å². The van der Waals surface area contributed by atoms with Crippen LogP contribution in [0, 0.1) is 11.8 Å². The maximum atomic E-state index is 7.64. The number of aliphatic imine (C=N–C) groups is 3. The van der Waals surface area contributed by atoms with Gasteiger partial charge in [-0.15, -0.1) is 0 Å². The maximum Gasteiger partial charge on any atom is 0.159 e. The Kier molecular flexibility index (Phi) is 10.3. The van der Waals surface area contributed by atoms with E-state index in [0.29, 0.717) is 0 Å². The lowest BCUT2D eigenvalue weighted by atomic mass is 9.55. The number of rotatable bonds is 7. The molecule has 4 heterocycles. The molecule has 7 aliphatic rings. The van der Waals surface area contributed by atoms with Crippen molar-refractivity contribution in [2.75, 3.05) is 0 Å². The Morgan fingerprint density at radius 3 is 2.11 bits per heavy atom. The van der Waals surface area contributed by atoms with E-state index in [0.717, 1.165) is 75.2 Å². The third-order valence-electron chi connectivity index (χ3n) is 16.5. The molecule has 8 unspecified atom stereocenters. The lowest BCUT2D eigenvalue weighted by molar-refractivity contribution is 0.0933. The summed E-state index contributed by atoms with van der Waals surface area (Å²) in [6.45, 7) is 0. The molecule has 0 amide bonds. The topological polar surface area (TPSA) is 87.3 Å². The van der Waals surface area contributed by atoms with Gasteiger partial charge in [-0.25, -0.2) is 15.0 Å². The van der Waals surface area contributed by atoms with Gasteiger partial charge in [0.2, 0.25) is 0 Å². The second kappa shape index (κ2) is 17.7. The number of ether oxygens (including phenoxy) is 1. The summed E-state index contributed by atoms with van der Waals surface area (Å²) in [7, 11) is 0. The molecule has 362 valence electrons. The molecular formula is C67H53N7O. The number of amidine groups is 3. The summed E-state index contributed by atoms with van der Waals surface area (Å²) in [6, 6.07) is 63.2. The van der Waals surface area contributed by atoms with Crippen LogP contribution in [-0.2, 0) is 5.41 Å². The highest BCUT2D eigenvalue weighted by molar-refractivity contribution is 6.14. The van der Waals surface area contributed by atoms with Crippen LogP contribution in [0.2, 0.25) is 0 Å². The summed E-state index contributed by atoms with van der Waals surface area (Å²) < 4.78 is 10.1. The fourth-order valence-corrected chi connectivity index (χ4v) is 13.3. The average Bonchev–Trinajstić information content (AvgIpc) is 4.02. The molecule has 0 saturated heterocycles. The van der Waals surface area contributed by atoms with Crippen molar-refractivity contribution in [2.24, 2.45) is 26.8 Å². The van der Waals surface area contributed by atoms with Gasteiger partial charge in [0.15, 0.2) is 5.84 Å². The Bertz CT molecular complexity index is 3880. The molecule has 4 aliphatic carbocycles. The van der Waals surface area contributed by atoms with E-state index >= 15 is 0 Å². The molecule has 8 atom stereocenters. The van der Waals surface area contributed by atoms with Gasteiger partial charge in [0.25, 0.3) is 0 Å². The minimum atomic E-state index is -0.610. The van der Waals surface area contributed by atoms with Crippen LogP contribution < -0.4 is 20.7 Å². The number of aromatic nitrogens is 1. The van der Waals surface area contributed by atoms with Gasteiger partial charge in [-0.05, 0) is 77.6 Å². The zero-order chi connectivity index (χ0) is 49.5. The standard InChI is InChI=1S/C67H53N7O/c1-6-21-42(22-7-1)61-68-62(43-23-8-2-9-24-43)71-65(70-61)46-37-38-59-56(39-46)67(54-35-20-33-50(60(54)75-59)66-72-63(44-25-10-3-11-26-44)69-64(73-66)45-27-12-4-13-28-45)53-34-18-16-31-48(53)51-40-52-49-32-17-19-36-57(49)74(58(52)41-55(51)67)47-29-14-5-15-30-47/h1-3,5-12,14-41,48,53-54,60-61,65-66,70H,4,13H2,(H,68,71)(H,69,72,73). The number of fused-ring (bicyclic) bond motifs is 12. The van der Waals surface area contributed by atoms with Crippen molar-refractivity contribution in [1.29, 1.82) is 0 Å². The summed E-state index contributed by atoms with van der Waals surface area (Å²) in [4.78, 5) is 16.2. The predicted molar refractivity (Wildman–Crippen MR) is 303 cm³/mol. The fourth-order valence-electron chi connectivity index (χ4n) is 13.3. The Hall–Kier alpha value is -8.85. The minimum Gasteiger partial charge on any atom is -0.485 e. The average molecular weight is 972 g/mol. The first-order valence-electron chi connectivity index (χ1n) is 26.4. The molecule has 3 aliphatic heterocycles. The van der Waals surface area contributed by atoms with Crippen LogP contribution in [0.3, 0.4) is 0 Å². The van der Waals surface area contributed by atoms with Crippen LogP contribution in [0.4, 0.5) is 0 Å². The van der Waals surface area contributed by atoms with Gasteiger partial charge in [0.05, 0.1) is 11.0 Å². The highest BCUT2D eigenvalue weighted by atomic mass is 16.5. The summed E-state index contributed by atoms with van der Waals surface area (Å²) in [5, 5.41) is 14.0. The SMILES string of the molecule is C1=CC2c3cc4c5ccccc5n(-c5ccccc5)c4cc3C3(c4cc(C5N=C(c6ccccc6)NC(c6ccccc6)N5)ccc4OC4C(C5N=C(C6=CCCC=C6)N=C(c6ccccc6)N5)=CC=CC43)C2C=C1. The van der Waals surface area contributed by atoms with Crippen LogP contribution in [0.1, 0.15) is 70.0 Å². The van der Waals surface area contributed by atoms with Gasteiger partial charge in [-0.3, -0.25) is 5.32 Å². The molecule has 3 N–H and O–H groups in total. The van der Waals surface area contributed by atoms with Crippen molar-refractivity contribution >= 4 is 39.3 Å². The van der Waals surface area contributed by atoms with Crippen molar-refractivity contribution in [3.8, 4) is 11.4 Å². The molecular weight excluding hydrogens is 919 g/mol. The number of hydrogen-bond donors (Lipinski definition) is 3. The molecule has 7 aromatic carbocycles. The van der Waals surface area contributed by atoms with E-state index in [1.165, 1.54) is 38.5 Å². The summed E-state index contributed by atoms with van der Waals surface area (Å²) >= 11 is 0. The molecule has 75 heavy (non-hydrogen) atoms. The fraction of sp³-hybridized carbons (Fsp3) is 0.149. The zero-order valence-electron chi connectivity index (χ0n) is 41.2. The lowest BCUT2D eigenvalue weighted by Crippen LogP contribution is -2.55. The van der Waals surface area contributed by atoms with Gasteiger partial charge >= 0.3 is 0 Å². The largest absolute Gasteiger partial charge is 0.485 e. The normalized spacial score (nSPS) is 25.9. The quantitative estimate of drug-likeness (QED) is 0.148. The second-order valence-electron chi connectivity index (χ2n) is 20.6. The molecule has 1 spiro atoms. The van der Waals surface area contributed by atoms with Gasteiger partial charge < -0.3 is 19.9 Å². The smallest absolute Gasteiger partial charge is 0.159 e. The number of para-hydroxylation sites is 2. The molecule has 0 radical (unpaired) electrons. The van der Waals surface area contributed by atoms with Crippen LogP contribution in [0.15, 0.2) is 263 Å². The first-order valence-corrected chi connectivity index (χ1v) is 26.4. The number of allylic oxidation sites excluding steroid dienone is 8. The summed E-state index contributed by atoms with van der Waals surface area (Å²) in [5.74, 6) is 3.26. The molecule has 0 saturated carbocycles. The minimum absolute atomic E-state index is 0.0497. The van der Waals surface area contributed by atoms with E-state index in [9.17, 15) is 0 Å². The van der Waals surface area contributed by atoms with Crippen molar-refractivity contribution in [3.63, 3.8) is 0 Å². The molecule has 0 fully saturated rings. The van der Waals surface area contributed by atoms with E-state index in [1.54, 1.807) is 0 Å². The molecule has 8 aromatic rings. The van der Waals surface area contributed by atoms with Gasteiger partial charge in [0, 0.05) is 67.5 Å². The van der Waals surface area contributed by atoms with E-state index in [1.807, 2.05) is 0 Å². The molecule has 1 aromatic heterocycles. The number of hydrogen-bond acceptors (Lipinski definition) is 7. The molecule has 8 nitrogen and oxygen atoms in total. The van der Waals surface area contributed by atoms with Crippen molar-refractivity contribution in [2.45, 2.75) is 48.8 Å². The first kappa shape index (κ1) is 43.7. The van der Waals surface area contributed by atoms with E-state index < -0.39 is 11.6 Å². The number of benzene rings is 7. The van der Waals surface area contributed by atoms with Crippen molar-refractivity contribution in [1.82, 2.24) is 20.5 Å². The van der Waals surface area contributed by atoms with Crippen LogP contribution in [0.5, 0.6) is 5.75 Å². The van der Waals surface area contributed by atoms with Gasteiger partial charge in [-0.2, -0.15) is 0 Å². The monoisotopic (exact) mass is 971 g/mol. The van der Waals surface area contributed by atoms with Crippen molar-refractivity contribution in [3.05, 3.63) is 287 Å². The highest BCUT2D eigenvalue weighted by Crippen LogP contribution is 2.66. The highest BCUT2D eigenvalue weighted by Gasteiger charge is 2.62. The van der Waals surface area contributed by atoms with Gasteiger partial charge in [-0.1, -0.05) is 194 Å². The molecule has 15 rings (SSSR count). The zero-order valence-corrected chi connectivity index (χ0v) is 41.2. The summed E-state index contributed by atoms with van der Waals surface area (Å²) in [6.07, 6.45) is 23.7. The Morgan fingerprint density at radius 1 is 0.573 bits per heavy atom.